The summed E-state index contributed by atoms with van der Waals surface area (Å²) < 4.78 is 3.10. The van der Waals surface area contributed by atoms with Crippen LogP contribution in [0.4, 0.5) is 0 Å². The van der Waals surface area contributed by atoms with Gasteiger partial charge in [0, 0.05) is 13.6 Å². The van der Waals surface area contributed by atoms with Crippen LogP contribution in [0, 0.1) is 5.92 Å². The third kappa shape index (κ3) is 3.56. The number of nitrogens with one attached hydrogen (secondary N) is 1. The summed E-state index contributed by atoms with van der Waals surface area (Å²) in [6.45, 7) is 4.59. The highest BCUT2D eigenvalue weighted by molar-refractivity contribution is 9.10. The minimum Gasteiger partial charge on any atom is -0.320 e. The van der Waals surface area contributed by atoms with E-state index in [1.807, 2.05) is 25.0 Å². The van der Waals surface area contributed by atoms with Crippen LogP contribution in [0.5, 0.6) is 0 Å². The van der Waals surface area contributed by atoms with Crippen LogP contribution in [0.3, 0.4) is 0 Å². The molecule has 0 radical (unpaired) electrons. The van der Waals surface area contributed by atoms with Crippen molar-refractivity contribution in [1.29, 1.82) is 0 Å². The van der Waals surface area contributed by atoms with Gasteiger partial charge in [-0.05, 0) is 67.8 Å². The summed E-state index contributed by atoms with van der Waals surface area (Å²) in [4.78, 5) is 2.54. The Balaban J connectivity index is 1.80. The van der Waals surface area contributed by atoms with Crippen molar-refractivity contribution in [3.63, 3.8) is 0 Å². The number of hydrogen-bond acceptors (Lipinski definition) is 3. The quantitative estimate of drug-likeness (QED) is 0.902. The Morgan fingerprint density at radius 2 is 2.17 bits per heavy atom. The number of halogens is 1. The molecule has 2 heterocycles. The Morgan fingerprint density at radius 1 is 1.44 bits per heavy atom. The zero-order valence-electron chi connectivity index (χ0n) is 11.3. The molecule has 1 aromatic heterocycles. The first-order valence-electron chi connectivity index (χ1n) is 6.74. The molecule has 0 aromatic carbocycles. The van der Waals surface area contributed by atoms with Crippen LogP contribution in [0.1, 0.15) is 25.0 Å². The molecule has 0 bridgehead atoms. The summed E-state index contributed by atoms with van der Waals surface area (Å²) >= 11 is 3.57. The summed E-state index contributed by atoms with van der Waals surface area (Å²) in [5.74, 6) is 0.906. The van der Waals surface area contributed by atoms with Gasteiger partial charge in [0.15, 0.2) is 0 Å². The lowest BCUT2D eigenvalue weighted by atomic mass is 9.93. The lowest BCUT2D eigenvalue weighted by Gasteiger charge is -2.32. The van der Waals surface area contributed by atoms with Crippen molar-refractivity contribution in [1.82, 2.24) is 20.0 Å². The second-order valence-corrected chi connectivity index (χ2v) is 6.03. The van der Waals surface area contributed by atoms with Crippen molar-refractivity contribution in [2.45, 2.75) is 25.8 Å². The van der Waals surface area contributed by atoms with Gasteiger partial charge < -0.3 is 5.32 Å². The number of hydrogen-bond donors (Lipinski definition) is 1. The van der Waals surface area contributed by atoms with Gasteiger partial charge in [0.2, 0.25) is 0 Å². The highest BCUT2D eigenvalue weighted by atomic mass is 79.9. The van der Waals surface area contributed by atoms with Gasteiger partial charge in [0.05, 0.1) is 16.4 Å². The van der Waals surface area contributed by atoms with E-state index in [1.165, 1.54) is 38.0 Å². The molecule has 1 fully saturated rings. The van der Waals surface area contributed by atoms with Gasteiger partial charge in [0.1, 0.15) is 0 Å². The maximum atomic E-state index is 4.27. The normalized spacial score (nSPS) is 18.4. The van der Waals surface area contributed by atoms with E-state index in [-0.39, 0.29) is 0 Å². The highest BCUT2D eigenvalue weighted by Crippen LogP contribution is 2.23. The molecule has 0 amide bonds. The van der Waals surface area contributed by atoms with Crippen LogP contribution in [0.15, 0.2) is 10.7 Å². The van der Waals surface area contributed by atoms with Gasteiger partial charge in [0.25, 0.3) is 0 Å². The zero-order chi connectivity index (χ0) is 13.0. The summed E-state index contributed by atoms with van der Waals surface area (Å²) in [6, 6.07) is 0. The Bertz CT molecular complexity index is 350. The van der Waals surface area contributed by atoms with E-state index in [0.717, 1.165) is 23.5 Å². The minimum absolute atomic E-state index is 0.906. The fourth-order valence-corrected chi connectivity index (χ4v) is 3.08. The first-order chi connectivity index (χ1) is 8.70. The van der Waals surface area contributed by atoms with E-state index >= 15 is 0 Å². The zero-order valence-corrected chi connectivity index (χ0v) is 12.9. The van der Waals surface area contributed by atoms with Crippen LogP contribution in [0.25, 0.3) is 0 Å². The third-order valence-corrected chi connectivity index (χ3v) is 4.56. The fraction of sp³-hybridized carbons (Fsp3) is 0.769. The molecular weight excluding hydrogens is 292 g/mol. The van der Waals surface area contributed by atoms with E-state index in [9.17, 15) is 0 Å². The van der Waals surface area contributed by atoms with Crippen molar-refractivity contribution in [2.24, 2.45) is 13.0 Å². The van der Waals surface area contributed by atoms with Crippen molar-refractivity contribution in [3.05, 3.63) is 16.4 Å². The first-order valence-corrected chi connectivity index (χ1v) is 7.53. The molecule has 0 unspecified atom stereocenters. The second-order valence-electron chi connectivity index (χ2n) is 5.17. The number of nitrogens with zero attached hydrogens (tertiary/aromatic N) is 3. The molecule has 4 nitrogen and oxygen atoms in total. The molecule has 0 atom stereocenters. The van der Waals surface area contributed by atoms with Crippen molar-refractivity contribution in [3.8, 4) is 0 Å². The average Bonchev–Trinajstić information content (AvgIpc) is 2.70. The standard InChI is InChI=1S/C13H23BrN4/c1-15-6-3-11-4-7-18(8-5-11)10-13-12(14)9-16-17(13)2/h9,11,15H,3-8,10H2,1-2H3. The third-order valence-electron chi connectivity index (χ3n) is 3.89. The first kappa shape index (κ1) is 14.0. The smallest absolute Gasteiger partial charge is 0.0663 e. The molecule has 1 aliphatic heterocycles. The van der Waals surface area contributed by atoms with Crippen molar-refractivity contribution < 1.29 is 0 Å². The molecule has 18 heavy (non-hydrogen) atoms. The van der Waals surface area contributed by atoms with Gasteiger partial charge in [-0.15, -0.1) is 0 Å². The molecule has 0 aliphatic carbocycles. The van der Waals surface area contributed by atoms with E-state index < -0.39 is 0 Å². The van der Waals surface area contributed by atoms with Gasteiger partial charge >= 0.3 is 0 Å². The second kappa shape index (κ2) is 6.68. The predicted octanol–water partition coefficient (Wildman–Crippen LogP) is 2.00. The number of aromatic nitrogens is 2. The monoisotopic (exact) mass is 314 g/mol. The molecule has 0 spiro atoms. The maximum Gasteiger partial charge on any atom is 0.0663 e. The predicted molar refractivity (Wildman–Crippen MR) is 77.5 cm³/mol. The highest BCUT2D eigenvalue weighted by Gasteiger charge is 2.20. The van der Waals surface area contributed by atoms with Crippen LogP contribution >= 0.6 is 15.9 Å². The number of rotatable bonds is 5. The summed E-state index contributed by atoms with van der Waals surface area (Å²) in [7, 11) is 4.05. The lowest BCUT2D eigenvalue weighted by Crippen LogP contribution is -2.34. The SMILES string of the molecule is CNCCC1CCN(Cc2c(Br)cnn2C)CC1. The van der Waals surface area contributed by atoms with E-state index in [1.54, 1.807) is 0 Å². The topological polar surface area (TPSA) is 33.1 Å². The fourth-order valence-electron chi connectivity index (χ4n) is 2.61. The van der Waals surface area contributed by atoms with Gasteiger partial charge in [-0.3, -0.25) is 9.58 Å². The molecule has 1 N–H and O–H groups in total. The van der Waals surface area contributed by atoms with Gasteiger partial charge in [-0.1, -0.05) is 0 Å². The maximum absolute atomic E-state index is 4.27. The molecule has 2 rings (SSSR count). The summed E-state index contributed by atoms with van der Waals surface area (Å²) in [6.07, 6.45) is 5.86. The average molecular weight is 315 g/mol. The number of piperidine rings is 1. The van der Waals surface area contributed by atoms with Crippen molar-refractivity contribution >= 4 is 15.9 Å². The Hall–Kier alpha value is -0.390. The minimum atomic E-state index is 0.906. The molecule has 1 aromatic rings. The van der Waals surface area contributed by atoms with Gasteiger partial charge in [-0.25, -0.2) is 0 Å². The Kier molecular flexibility index (Phi) is 5.21. The summed E-state index contributed by atoms with van der Waals surface area (Å²) in [5, 5.41) is 7.52. The molecular formula is C13H23BrN4. The van der Waals surface area contributed by atoms with Gasteiger partial charge in [-0.2, -0.15) is 5.10 Å². The Labute approximate surface area is 118 Å². The molecule has 1 saturated heterocycles. The molecule has 5 heteroatoms. The van der Waals surface area contributed by atoms with Crippen LogP contribution in [-0.2, 0) is 13.6 Å². The summed E-state index contributed by atoms with van der Waals surface area (Å²) in [5.41, 5.74) is 1.28. The van der Waals surface area contributed by atoms with Crippen LogP contribution in [-0.4, -0.2) is 41.4 Å². The van der Waals surface area contributed by atoms with Crippen LogP contribution in [0.2, 0.25) is 0 Å². The van der Waals surface area contributed by atoms with Crippen molar-refractivity contribution in [2.75, 3.05) is 26.7 Å². The molecule has 102 valence electrons. The van der Waals surface area contributed by atoms with E-state index in [0.29, 0.717) is 0 Å². The number of likely N-dealkylation sites (tertiary alicyclic amines) is 1. The Morgan fingerprint density at radius 3 is 2.72 bits per heavy atom. The molecule has 1 aliphatic rings. The molecule has 0 saturated carbocycles. The van der Waals surface area contributed by atoms with Crippen LogP contribution < -0.4 is 5.32 Å². The van der Waals surface area contributed by atoms with E-state index in [4.69, 9.17) is 0 Å². The lowest BCUT2D eigenvalue weighted by molar-refractivity contribution is 0.168. The largest absolute Gasteiger partial charge is 0.320 e. The number of aryl methyl sites for hydroxylation is 1. The van der Waals surface area contributed by atoms with E-state index in [2.05, 4.69) is 31.2 Å².